The van der Waals surface area contributed by atoms with E-state index in [0.717, 1.165) is 23.8 Å². The molecule has 16 heavy (non-hydrogen) atoms. The minimum absolute atomic E-state index is 0.0670. The third-order valence-electron chi connectivity index (χ3n) is 3.06. The number of nitrogens with zero attached hydrogens (tertiary/aromatic N) is 2. The molecule has 1 aliphatic rings. The van der Waals surface area contributed by atoms with Crippen LogP contribution < -0.4 is 4.90 Å². The van der Waals surface area contributed by atoms with Crippen LogP contribution in [0.5, 0.6) is 0 Å². The largest absolute Gasteiger partial charge is 0.392 e. The summed E-state index contributed by atoms with van der Waals surface area (Å²) in [4.78, 5) is 6.76. The van der Waals surface area contributed by atoms with Crippen LogP contribution in [0.25, 0.3) is 0 Å². The standard InChI is InChI=1S/C13H20N2O/c1-10(2)15(8-11-3-4-11)13-6-5-12(9-16)7-14-13/h5-7,10-11,16H,3-4,8-9H2,1-2H3. The summed E-state index contributed by atoms with van der Waals surface area (Å²) in [6.07, 6.45) is 4.48. The molecule has 0 radical (unpaired) electrons. The zero-order chi connectivity index (χ0) is 11.5. The molecular formula is C13H20N2O. The summed E-state index contributed by atoms with van der Waals surface area (Å²) in [6.45, 7) is 5.58. The van der Waals surface area contributed by atoms with Crippen LogP contribution in [0.3, 0.4) is 0 Å². The van der Waals surface area contributed by atoms with Crippen molar-refractivity contribution in [2.45, 2.75) is 39.3 Å². The van der Waals surface area contributed by atoms with E-state index in [-0.39, 0.29) is 6.61 Å². The summed E-state index contributed by atoms with van der Waals surface area (Å²) in [6, 6.07) is 4.44. The summed E-state index contributed by atoms with van der Waals surface area (Å²) < 4.78 is 0. The molecule has 0 aromatic carbocycles. The predicted molar refractivity (Wildman–Crippen MR) is 65.4 cm³/mol. The normalized spacial score (nSPS) is 15.5. The van der Waals surface area contributed by atoms with Gasteiger partial charge in [-0.2, -0.15) is 0 Å². The Kier molecular flexibility index (Phi) is 3.44. The summed E-state index contributed by atoms with van der Waals surface area (Å²) in [5.74, 6) is 1.89. The maximum atomic E-state index is 8.98. The molecule has 1 aromatic rings. The lowest BCUT2D eigenvalue weighted by atomic mass is 10.2. The van der Waals surface area contributed by atoms with Crippen LogP contribution in [0, 0.1) is 5.92 Å². The van der Waals surface area contributed by atoms with Crippen molar-refractivity contribution in [1.82, 2.24) is 4.98 Å². The fourth-order valence-electron chi connectivity index (χ4n) is 1.83. The Morgan fingerprint density at radius 3 is 2.62 bits per heavy atom. The van der Waals surface area contributed by atoms with Crippen molar-refractivity contribution in [2.24, 2.45) is 5.92 Å². The zero-order valence-electron chi connectivity index (χ0n) is 10.1. The highest BCUT2D eigenvalue weighted by Gasteiger charge is 2.26. The van der Waals surface area contributed by atoms with Crippen molar-refractivity contribution < 1.29 is 5.11 Å². The minimum Gasteiger partial charge on any atom is -0.392 e. The Morgan fingerprint density at radius 1 is 1.44 bits per heavy atom. The van der Waals surface area contributed by atoms with Crippen molar-refractivity contribution in [3.63, 3.8) is 0 Å². The van der Waals surface area contributed by atoms with Gasteiger partial charge in [0.05, 0.1) is 6.61 Å². The highest BCUT2D eigenvalue weighted by molar-refractivity contribution is 5.40. The Morgan fingerprint density at radius 2 is 2.19 bits per heavy atom. The molecule has 1 aromatic heterocycles. The third-order valence-corrected chi connectivity index (χ3v) is 3.06. The van der Waals surface area contributed by atoms with Crippen LogP contribution in [-0.2, 0) is 6.61 Å². The molecule has 1 N–H and O–H groups in total. The summed E-state index contributed by atoms with van der Waals surface area (Å²) >= 11 is 0. The fourth-order valence-corrected chi connectivity index (χ4v) is 1.83. The van der Waals surface area contributed by atoms with E-state index in [1.54, 1.807) is 6.20 Å². The Hall–Kier alpha value is -1.09. The lowest BCUT2D eigenvalue weighted by molar-refractivity contribution is 0.281. The van der Waals surface area contributed by atoms with Crippen LogP contribution in [0.2, 0.25) is 0 Å². The molecule has 1 heterocycles. The van der Waals surface area contributed by atoms with Crippen molar-refractivity contribution in [3.8, 4) is 0 Å². The van der Waals surface area contributed by atoms with Gasteiger partial charge in [0.25, 0.3) is 0 Å². The van der Waals surface area contributed by atoms with Crippen molar-refractivity contribution >= 4 is 5.82 Å². The van der Waals surface area contributed by atoms with E-state index in [9.17, 15) is 0 Å². The number of aromatic nitrogens is 1. The first-order valence-electron chi connectivity index (χ1n) is 6.03. The number of anilines is 1. The summed E-state index contributed by atoms with van der Waals surface area (Å²) in [5, 5.41) is 8.98. The number of hydrogen-bond donors (Lipinski definition) is 1. The topological polar surface area (TPSA) is 36.4 Å². The number of hydrogen-bond acceptors (Lipinski definition) is 3. The van der Waals surface area contributed by atoms with Gasteiger partial charge in [-0.1, -0.05) is 6.07 Å². The Labute approximate surface area is 97.1 Å². The van der Waals surface area contributed by atoms with Gasteiger partial charge < -0.3 is 10.0 Å². The van der Waals surface area contributed by atoms with E-state index in [0.29, 0.717) is 6.04 Å². The molecule has 3 nitrogen and oxygen atoms in total. The molecule has 0 aliphatic heterocycles. The monoisotopic (exact) mass is 220 g/mol. The first-order valence-corrected chi connectivity index (χ1v) is 6.03. The molecule has 0 spiro atoms. The molecule has 2 rings (SSSR count). The van der Waals surface area contributed by atoms with Crippen LogP contribution in [-0.4, -0.2) is 22.7 Å². The van der Waals surface area contributed by atoms with Gasteiger partial charge in [-0.3, -0.25) is 0 Å². The summed E-state index contributed by atoms with van der Waals surface area (Å²) in [5.41, 5.74) is 0.874. The minimum atomic E-state index is 0.0670. The van der Waals surface area contributed by atoms with Gasteiger partial charge in [-0.05, 0) is 44.2 Å². The average molecular weight is 220 g/mol. The molecule has 1 fully saturated rings. The molecule has 0 amide bonds. The second-order valence-corrected chi connectivity index (χ2v) is 4.87. The molecule has 88 valence electrons. The molecular weight excluding hydrogens is 200 g/mol. The molecule has 0 bridgehead atoms. The SMILES string of the molecule is CC(C)N(CC1CC1)c1ccc(CO)cn1. The smallest absolute Gasteiger partial charge is 0.128 e. The van der Waals surface area contributed by atoms with E-state index in [1.807, 2.05) is 12.1 Å². The van der Waals surface area contributed by atoms with E-state index in [1.165, 1.54) is 12.8 Å². The van der Waals surface area contributed by atoms with Gasteiger partial charge >= 0.3 is 0 Å². The van der Waals surface area contributed by atoms with Crippen molar-refractivity contribution in [2.75, 3.05) is 11.4 Å². The molecule has 0 saturated heterocycles. The predicted octanol–water partition coefficient (Wildman–Crippen LogP) is 2.20. The van der Waals surface area contributed by atoms with E-state index in [4.69, 9.17) is 5.11 Å². The summed E-state index contributed by atoms with van der Waals surface area (Å²) in [7, 11) is 0. The van der Waals surface area contributed by atoms with Crippen LogP contribution in [0.4, 0.5) is 5.82 Å². The van der Waals surface area contributed by atoms with E-state index < -0.39 is 0 Å². The Balaban J connectivity index is 2.10. The first-order chi connectivity index (χ1) is 7.70. The van der Waals surface area contributed by atoms with Gasteiger partial charge in [0.1, 0.15) is 5.82 Å². The number of aliphatic hydroxyl groups is 1. The quantitative estimate of drug-likeness (QED) is 0.826. The molecule has 3 heteroatoms. The van der Waals surface area contributed by atoms with Crippen molar-refractivity contribution in [1.29, 1.82) is 0 Å². The van der Waals surface area contributed by atoms with E-state index in [2.05, 4.69) is 23.7 Å². The van der Waals surface area contributed by atoms with Crippen LogP contribution in [0.15, 0.2) is 18.3 Å². The average Bonchev–Trinajstić information content (AvgIpc) is 3.09. The maximum Gasteiger partial charge on any atom is 0.128 e. The number of aliphatic hydroxyl groups excluding tert-OH is 1. The number of rotatable bonds is 5. The fraction of sp³-hybridized carbons (Fsp3) is 0.615. The molecule has 1 aliphatic carbocycles. The van der Waals surface area contributed by atoms with Gasteiger partial charge in [0.2, 0.25) is 0 Å². The van der Waals surface area contributed by atoms with Gasteiger partial charge in [0.15, 0.2) is 0 Å². The Bertz CT molecular complexity index is 330. The zero-order valence-corrected chi connectivity index (χ0v) is 10.1. The number of pyridine rings is 1. The highest BCUT2D eigenvalue weighted by Crippen LogP contribution is 2.31. The van der Waals surface area contributed by atoms with E-state index >= 15 is 0 Å². The van der Waals surface area contributed by atoms with Crippen molar-refractivity contribution in [3.05, 3.63) is 23.9 Å². The molecule has 0 unspecified atom stereocenters. The van der Waals surface area contributed by atoms with Gasteiger partial charge in [0, 0.05) is 18.8 Å². The van der Waals surface area contributed by atoms with Gasteiger partial charge in [-0.25, -0.2) is 4.98 Å². The maximum absolute atomic E-state index is 8.98. The van der Waals surface area contributed by atoms with Gasteiger partial charge in [-0.15, -0.1) is 0 Å². The second kappa shape index (κ2) is 4.83. The lowest BCUT2D eigenvalue weighted by Gasteiger charge is -2.28. The highest BCUT2D eigenvalue weighted by atomic mass is 16.3. The first kappa shape index (κ1) is 11.4. The second-order valence-electron chi connectivity index (χ2n) is 4.87. The van der Waals surface area contributed by atoms with Crippen LogP contribution >= 0.6 is 0 Å². The third kappa shape index (κ3) is 2.73. The molecule has 0 atom stereocenters. The van der Waals surface area contributed by atoms with Crippen LogP contribution in [0.1, 0.15) is 32.3 Å². The molecule has 1 saturated carbocycles. The lowest BCUT2D eigenvalue weighted by Crippen LogP contribution is -2.33.